The van der Waals surface area contributed by atoms with Crippen LogP contribution in [0.15, 0.2) is 12.1 Å². The van der Waals surface area contributed by atoms with Crippen LogP contribution in [-0.4, -0.2) is 62.9 Å². The van der Waals surface area contributed by atoms with Gasteiger partial charge in [-0.05, 0) is 67.3 Å². The van der Waals surface area contributed by atoms with E-state index in [9.17, 15) is 0 Å². The van der Waals surface area contributed by atoms with Crippen molar-refractivity contribution in [2.45, 2.75) is 38.5 Å². The van der Waals surface area contributed by atoms with Gasteiger partial charge >= 0.3 is 0 Å². The number of aromatic nitrogens is 5. The average molecular weight is 315 g/mol. The maximum absolute atomic E-state index is 4.55. The predicted molar refractivity (Wildman–Crippen MR) is 88.4 cm³/mol. The van der Waals surface area contributed by atoms with Gasteiger partial charge in [-0.3, -0.25) is 0 Å². The number of nitrogens with zero attached hydrogens (tertiary/aromatic N) is 7. The van der Waals surface area contributed by atoms with Gasteiger partial charge in [0.1, 0.15) is 0 Å². The van der Waals surface area contributed by atoms with E-state index >= 15 is 0 Å². The molecule has 0 N–H and O–H groups in total. The van der Waals surface area contributed by atoms with Crippen LogP contribution in [0.2, 0.25) is 0 Å². The van der Waals surface area contributed by atoms with Crippen LogP contribution in [0.5, 0.6) is 0 Å². The fourth-order valence-electron chi connectivity index (χ4n) is 3.91. The van der Waals surface area contributed by atoms with Crippen LogP contribution in [-0.2, 0) is 0 Å². The van der Waals surface area contributed by atoms with Crippen molar-refractivity contribution in [1.82, 2.24) is 30.2 Å². The summed E-state index contributed by atoms with van der Waals surface area (Å²) in [6, 6.07) is 3.99. The molecule has 0 amide bonds. The first-order chi connectivity index (χ1) is 11.4. The Morgan fingerprint density at radius 3 is 2.74 bits per heavy atom. The van der Waals surface area contributed by atoms with Crippen molar-refractivity contribution in [1.29, 1.82) is 0 Å². The number of hydrogen-bond acceptors (Lipinski definition) is 6. The Morgan fingerprint density at radius 1 is 1.00 bits per heavy atom. The molecule has 7 nitrogen and oxygen atoms in total. The van der Waals surface area contributed by atoms with Crippen molar-refractivity contribution in [3.63, 3.8) is 0 Å². The molecule has 7 heteroatoms. The molecule has 2 aromatic rings. The zero-order chi connectivity index (χ0) is 15.5. The molecule has 0 radical (unpaired) electrons. The highest BCUT2D eigenvalue weighted by Crippen LogP contribution is 2.23. The second kappa shape index (κ2) is 6.78. The van der Waals surface area contributed by atoms with Gasteiger partial charge in [-0.1, -0.05) is 12.8 Å². The molecule has 2 saturated heterocycles. The first kappa shape index (κ1) is 14.8. The minimum absolute atomic E-state index is 0.701. The Balaban J connectivity index is 1.41. The maximum Gasteiger partial charge on any atom is 0.200 e. The molecule has 0 aromatic carbocycles. The van der Waals surface area contributed by atoms with E-state index < -0.39 is 0 Å². The Labute approximate surface area is 136 Å². The summed E-state index contributed by atoms with van der Waals surface area (Å²) in [4.78, 5) is 5.08. The summed E-state index contributed by atoms with van der Waals surface area (Å²) in [5.41, 5.74) is 0.701. The van der Waals surface area contributed by atoms with Crippen molar-refractivity contribution < 1.29 is 0 Å². The molecule has 23 heavy (non-hydrogen) atoms. The molecule has 2 aliphatic heterocycles. The molecular weight excluding hydrogens is 290 g/mol. The monoisotopic (exact) mass is 315 g/mol. The normalized spacial score (nSPS) is 24.0. The van der Waals surface area contributed by atoms with Gasteiger partial charge in [0.25, 0.3) is 0 Å². The standard InChI is InChI=1S/C16H25N7/c1-2-4-10-21(9-3-1)12-14-6-5-11-22(13-14)16-8-7-15-17-19-20-23(15)18-16/h7-8,14H,1-6,9-13H2/t14-/m1/s1. The summed E-state index contributed by atoms with van der Waals surface area (Å²) in [6.45, 7) is 5.98. The molecule has 0 bridgehead atoms. The van der Waals surface area contributed by atoms with Gasteiger partial charge < -0.3 is 9.80 Å². The lowest BCUT2D eigenvalue weighted by Gasteiger charge is -2.36. The van der Waals surface area contributed by atoms with Gasteiger partial charge in [-0.2, -0.15) is 0 Å². The van der Waals surface area contributed by atoms with Crippen LogP contribution >= 0.6 is 0 Å². The van der Waals surface area contributed by atoms with Gasteiger partial charge in [0.05, 0.1) is 0 Å². The Bertz CT molecular complexity index is 632. The van der Waals surface area contributed by atoms with Crippen LogP contribution < -0.4 is 4.90 Å². The van der Waals surface area contributed by atoms with Crippen molar-refractivity contribution in [2.24, 2.45) is 5.92 Å². The zero-order valence-corrected chi connectivity index (χ0v) is 13.6. The predicted octanol–water partition coefficient (Wildman–Crippen LogP) is 1.61. The van der Waals surface area contributed by atoms with Crippen molar-refractivity contribution in [3.05, 3.63) is 12.1 Å². The minimum Gasteiger partial charge on any atom is -0.355 e. The van der Waals surface area contributed by atoms with Gasteiger partial charge in [0.2, 0.25) is 0 Å². The van der Waals surface area contributed by atoms with E-state index in [1.165, 1.54) is 62.8 Å². The second-order valence-corrected chi connectivity index (χ2v) is 6.89. The Morgan fingerprint density at radius 2 is 1.87 bits per heavy atom. The van der Waals surface area contributed by atoms with Crippen LogP contribution in [0.3, 0.4) is 0 Å². The number of likely N-dealkylation sites (tertiary alicyclic amines) is 1. The van der Waals surface area contributed by atoms with Gasteiger partial charge in [0, 0.05) is 19.6 Å². The minimum atomic E-state index is 0.701. The van der Waals surface area contributed by atoms with Crippen LogP contribution in [0.25, 0.3) is 5.65 Å². The fourth-order valence-corrected chi connectivity index (χ4v) is 3.91. The molecule has 124 valence electrons. The fraction of sp³-hybridized carbons (Fsp3) is 0.750. The molecule has 4 rings (SSSR count). The summed E-state index contributed by atoms with van der Waals surface area (Å²) in [7, 11) is 0. The molecule has 0 aliphatic carbocycles. The zero-order valence-electron chi connectivity index (χ0n) is 13.6. The molecule has 2 fully saturated rings. The summed E-state index contributed by atoms with van der Waals surface area (Å²) in [5.74, 6) is 1.73. The summed E-state index contributed by atoms with van der Waals surface area (Å²) < 4.78 is 1.52. The van der Waals surface area contributed by atoms with Crippen LogP contribution in [0.1, 0.15) is 38.5 Å². The molecular formula is C16H25N7. The van der Waals surface area contributed by atoms with E-state index in [4.69, 9.17) is 0 Å². The van der Waals surface area contributed by atoms with Crippen LogP contribution in [0.4, 0.5) is 5.82 Å². The van der Waals surface area contributed by atoms with E-state index in [1.54, 1.807) is 0 Å². The van der Waals surface area contributed by atoms with E-state index in [0.717, 1.165) is 24.8 Å². The van der Waals surface area contributed by atoms with E-state index in [-0.39, 0.29) is 0 Å². The first-order valence-electron chi connectivity index (χ1n) is 8.91. The van der Waals surface area contributed by atoms with E-state index in [0.29, 0.717) is 5.65 Å². The molecule has 0 saturated carbocycles. The average Bonchev–Trinajstić information content (AvgIpc) is 2.91. The third kappa shape index (κ3) is 3.44. The highest BCUT2D eigenvalue weighted by molar-refractivity contribution is 5.44. The third-order valence-electron chi connectivity index (χ3n) is 5.11. The van der Waals surface area contributed by atoms with Gasteiger partial charge in [0.15, 0.2) is 11.5 Å². The number of rotatable bonds is 3. The van der Waals surface area contributed by atoms with Crippen molar-refractivity contribution in [3.8, 4) is 0 Å². The summed E-state index contributed by atoms with van der Waals surface area (Å²) in [5, 5.41) is 16.0. The topological polar surface area (TPSA) is 62.5 Å². The number of fused-ring (bicyclic) bond motifs is 1. The highest BCUT2D eigenvalue weighted by atomic mass is 15.6. The van der Waals surface area contributed by atoms with Crippen molar-refractivity contribution in [2.75, 3.05) is 37.6 Å². The first-order valence-corrected chi connectivity index (χ1v) is 8.91. The van der Waals surface area contributed by atoms with E-state index in [2.05, 4.69) is 30.4 Å². The molecule has 0 spiro atoms. The quantitative estimate of drug-likeness (QED) is 0.857. The SMILES string of the molecule is c1cc2nnnn2nc1N1CCC[C@H](CN2CCCCCC2)C1. The molecule has 0 unspecified atom stereocenters. The largest absolute Gasteiger partial charge is 0.355 e. The van der Waals surface area contributed by atoms with Crippen molar-refractivity contribution >= 4 is 11.5 Å². The Kier molecular flexibility index (Phi) is 4.37. The molecule has 4 heterocycles. The number of tetrazole rings is 1. The Hall–Kier alpha value is -1.76. The molecule has 2 aromatic heterocycles. The number of anilines is 1. The highest BCUT2D eigenvalue weighted by Gasteiger charge is 2.23. The molecule has 1 atom stereocenters. The second-order valence-electron chi connectivity index (χ2n) is 6.89. The van der Waals surface area contributed by atoms with Gasteiger partial charge in [-0.15, -0.1) is 14.8 Å². The van der Waals surface area contributed by atoms with Crippen LogP contribution in [0, 0.1) is 5.92 Å². The van der Waals surface area contributed by atoms with E-state index in [1.807, 2.05) is 12.1 Å². The molecule has 2 aliphatic rings. The maximum atomic E-state index is 4.55. The summed E-state index contributed by atoms with van der Waals surface area (Å²) >= 11 is 0. The lowest BCUT2D eigenvalue weighted by molar-refractivity contribution is 0.222. The number of hydrogen-bond donors (Lipinski definition) is 0. The lowest BCUT2D eigenvalue weighted by Crippen LogP contribution is -2.41. The lowest BCUT2D eigenvalue weighted by atomic mass is 9.97. The summed E-state index contributed by atoms with van der Waals surface area (Å²) in [6.07, 6.45) is 8.13. The van der Waals surface area contributed by atoms with Gasteiger partial charge in [-0.25, -0.2) is 0 Å². The smallest absolute Gasteiger partial charge is 0.200 e. The number of piperidine rings is 1. The third-order valence-corrected chi connectivity index (χ3v) is 5.11.